The van der Waals surface area contributed by atoms with Gasteiger partial charge in [-0.3, -0.25) is 10.1 Å². The largest absolute Gasteiger partial charge is 0.461 e. The maximum atomic E-state index is 12.5. The van der Waals surface area contributed by atoms with Gasteiger partial charge in [0.2, 0.25) is 5.76 Å². The number of thiazole rings is 1. The molecular formula is C17H10ClN3O3S. The van der Waals surface area contributed by atoms with Crippen molar-refractivity contribution in [2.24, 2.45) is 0 Å². The van der Waals surface area contributed by atoms with E-state index in [4.69, 9.17) is 20.4 Å². The predicted octanol–water partition coefficient (Wildman–Crippen LogP) is 4.96. The fraction of sp³-hybridized carbons (Fsp3) is 0. The molecule has 4 aromatic rings. The molecule has 0 aliphatic rings. The molecule has 0 bridgehead atoms. The monoisotopic (exact) mass is 371 g/mol. The van der Waals surface area contributed by atoms with Gasteiger partial charge in [-0.05, 0) is 24.3 Å². The first kappa shape index (κ1) is 15.6. The molecule has 0 saturated carbocycles. The second kappa shape index (κ2) is 6.54. The van der Waals surface area contributed by atoms with Crippen molar-refractivity contribution in [3.05, 3.63) is 65.2 Å². The van der Waals surface area contributed by atoms with Crippen LogP contribution in [0.5, 0.6) is 0 Å². The highest BCUT2D eigenvalue weighted by Crippen LogP contribution is 2.28. The summed E-state index contributed by atoms with van der Waals surface area (Å²) in [5.41, 5.74) is 1.81. The Morgan fingerprint density at radius 1 is 1.16 bits per heavy atom. The minimum Gasteiger partial charge on any atom is -0.461 e. The summed E-state index contributed by atoms with van der Waals surface area (Å²) in [5.74, 6) is 0.290. The van der Waals surface area contributed by atoms with E-state index in [-0.39, 0.29) is 11.5 Å². The summed E-state index contributed by atoms with van der Waals surface area (Å²) < 4.78 is 10.5. The molecule has 1 amide bonds. The van der Waals surface area contributed by atoms with Crippen LogP contribution in [0.25, 0.3) is 22.8 Å². The van der Waals surface area contributed by atoms with Crippen LogP contribution in [0.3, 0.4) is 0 Å². The van der Waals surface area contributed by atoms with Gasteiger partial charge in [0.15, 0.2) is 23.0 Å². The molecule has 0 atom stereocenters. The lowest BCUT2D eigenvalue weighted by atomic mass is 10.2. The van der Waals surface area contributed by atoms with Crippen molar-refractivity contribution in [1.29, 1.82) is 0 Å². The summed E-state index contributed by atoms with van der Waals surface area (Å²) in [4.78, 5) is 20.8. The lowest BCUT2D eigenvalue weighted by Gasteiger charge is -2.00. The fourth-order valence-electron chi connectivity index (χ4n) is 2.23. The molecule has 3 heterocycles. The second-order valence-corrected chi connectivity index (χ2v) is 6.30. The lowest BCUT2D eigenvalue weighted by molar-refractivity contribution is 0.102. The standard InChI is InChI=1S/C17H10ClN3O3S/c18-11-5-3-10(4-6-11)12-8-25-17(20-12)21-16(22)14-15(24-9-19-14)13-2-1-7-23-13/h1-9H,(H,20,21,22). The van der Waals surface area contributed by atoms with Gasteiger partial charge >= 0.3 is 0 Å². The Hall–Kier alpha value is -2.90. The summed E-state index contributed by atoms with van der Waals surface area (Å²) in [6, 6.07) is 10.7. The van der Waals surface area contributed by atoms with E-state index in [0.717, 1.165) is 11.3 Å². The second-order valence-electron chi connectivity index (χ2n) is 5.01. The fourth-order valence-corrected chi connectivity index (χ4v) is 3.07. The number of aromatic nitrogens is 2. The third-order valence-corrected chi connectivity index (χ3v) is 4.40. The molecule has 0 spiro atoms. The molecule has 1 aromatic carbocycles. The average Bonchev–Trinajstić information content (AvgIpc) is 3.36. The van der Waals surface area contributed by atoms with E-state index >= 15 is 0 Å². The van der Waals surface area contributed by atoms with Crippen LogP contribution in [0, 0.1) is 0 Å². The quantitative estimate of drug-likeness (QED) is 0.548. The SMILES string of the molecule is O=C(Nc1nc(-c2ccc(Cl)cc2)cs1)c1ncoc1-c1ccco1. The van der Waals surface area contributed by atoms with Crippen molar-refractivity contribution >= 4 is 34.0 Å². The Balaban J connectivity index is 1.54. The number of hydrogen-bond acceptors (Lipinski definition) is 6. The van der Waals surface area contributed by atoms with Gasteiger partial charge in [0.25, 0.3) is 5.91 Å². The predicted molar refractivity (Wildman–Crippen MR) is 94.7 cm³/mol. The Bertz CT molecular complexity index is 1010. The van der Waals surface area contributed by atoms with Crippen molar-refractivity contribution in [3.63, 3.8) is 0 Å². The van der Waals surface area contributed by atoms with E-state index in [2.05, 4.69) is 15.3 Å². The number of carbonyl (C=O) groups excluding carboxylic acids is 1. The van der Waals surface area contributed by atoms with Gasteiger partial charge < -0.3 is 8.83 Å². The highest BCUT2D eigenvalue weighted by molar-refractivity contribution is 7.14. The van der Waals surface area contributed by atoms with Gasteiger partial charge in [0.05, 0.1) is 12.0 Å². The number of benzene rings is 1. The van der Waals surface area contributed by atoms with E-state index in [0.29, 0.717) is 15.9 Å². The zero-order valence-corrected chi connectivity index (χ0v) is 14.2. The molecule has 4 rings (SSSR count). The van der Waals surface area contributed by atoms with Crippen LogP contribution >= 0.6 is 22.9 Å². The zero-order valence-electron chi connectivity index (χ0n) is 12.6. The van der Waals surface area contributed by atoms with E-state index < -0.39 is 5.91 Å². The minimum atomic E-state index is -0.419. The number of halogens is 1. The number of oxazole rings is 1. The molecule has 6 nitrogen and oxygen atoms in total. The molecule has 25 heavy (non-hydrogen) atoms. The molecule has 0 aliphatic carbocycles. The number of nitrogens with zero attached hydrogens (tertiary/aromatic N) is 2. The van der Waals surface area contributed by atoms with Crippen LogP contribution < -0.4 is 5.32 Å². The van der Waals surface area contributed by atoms with Gasteiger partial charge in [-0.1, -0.05) is 23.7 Å². The highest BCUT2D eigenvalue weighted by atomic mass is 35.5. The molecule has 0 radical (unpaired) electrons. The highest BCUT2D eigenvalue weighted by Gasteiger charge is 2.21. The summed E-state index contributed by atoms with van der Waals surface area (Å²) in [6.07, 6.45) is 2.70. The number of nitrogens with one attached hydrogen (secondary N) is 1. The average molecular weight is 372 g/mol. The normalized spacial score (nSPS) is 10.8. The third-order valence-electron chi connectivity index (χ3n) is 3.39. The molecule has 0 fully saturated rings. The van der Waals surface area contributed by atoms with E-state index in [9.17, 15) is 4.79 Å². The first-order chi connectivity index (χ1) is 12.2. The Labute approximate surface area is 151 Å². The van der Waals surface area contributed by atoms with Gasteiger partial charge in [-0.25, -0.2) is 9.97 Å². The molecule has 0 unspecified atom stereocenters. The molecular weight excluding hydrogens is 362 g/mol. The zero-order chi connectivity index (χ0) is 17.2. The van der Waals surface area contributed by atoms with E-state index in [1.54, 1.807) is 24.3 Å². The van der Waals surface area contributed by atoms with Gasteiger partial charge in [0, 0.05) is 16.0 Å². The molecule has 124 valence electrons. The van der Waals surface area contributed by atoms with Crippen molar-refractivity contribution in [3.8, 4) is 22.8 Å². The smallest absolute Gasteiger partial charge is 0.280 e. The number of hydrogen-bond donors (Lipinski definition) is 1. The Kier molecular flexibility index (Phi) is 4.09. The van der Waals surface area contributed by atoms with Crippen LogP contribution in [0.4, 0.5) is 5.13 Å². The van der Waals surface area contributed by atoms with Gasteiger partial charge in [-0.2, -0.15) is 0 Å². The van der Waals surface area contributed by atoms with E-state index in [1.807, 2.05) is 17.5 Å². The molecule has 3 aromatic heterocycles. The molecule has 1 N–H and O–H groups in total. The van der Waals surface area contributed by atoms with Crippen molar-refractivity contribution < 1.29 is 13.6 Å². The van der Waals surface area contributed by atoms with Gasteiger partial charge in [-0.15, -0.1) is 11.3 Å². The lowest BCUT2D eigenvalue weighted by Crippen LogP contribution is -2.13. The van der Waals surface area contributed by atoms with Crippen LogP contribution in [0.1, 0.15) is 10.5 Å². The van der Waals surface area contributed by atoms with Crippen molar-refractivity contribution in [2.45, 2.75) is 0 Å². The number of amides is 1. The first-order valence-corrected chi connectivity index (χ1v) is 8.46. The maximum Gasteiger partial charge on any atom is 0.280 e. The van der Waals surface area contributed by atoms with Crippen LogP contribution in [0.15, 0.2) is 63.3 Å². The van der Waals surface area contributed by atoms with Crippen molar-refractivity contribution in [1.82, 2.24) is 9.97 Å². The van der Waals surface area contributed by atoms with E-state index in [1.165, 1.54) is 24.0 Å². The maximum absolute atomic E-state index is 12.5. The minimum absolute atomic E-state index is 0.137. The number of furan rings is 1. The number of anilines is 1. The number of carbonyl (C=O) groups is 1. The van der Waals surface area contributed by atoms with Crippen LogP contribution in [-0.2, 0) is 0 Å². The molecule has 0 aliphatic heterocycles. The summed E-state index contributed by atoms with van der Waals surface area (Å²) >= 11 is 7.21. The summed E-state index contributed by atoms with van der Waals surface area (Å²) in [5, 5.41) is 5.70. The van der Waals surface area contributed by atoms with Gasteiger partial charge in [0.1, 0.15) is 0 Å². The first-order valence-electron chi connectivity index (χ1n) is 7.21. The topological polar surface area (TPSA) is 81.2 Å². The summed E-state index contributed by atoms with van der Waals surface area (Å²) in [6.45, 7) is 0. The number of rotatable bonds is 4. The molecule has 0 saturated heterocycles. The Morgan fingerprint density at radius 3 is 2.76 bits per heavy atom. The van der Waals surface area contributed by atoms with Crippen LogP contribution in [-0.4, -0.2) is 15.9 Å². The summed E-state index contributed by atoms with van der Waals surface area (Å²) in [7, 11) is 0. The Morgan fingerprint density at radius 2 is 2.00 bits per heavy atom. The van der Waals surface area contributed by atoms with Crippen molar-refractivity contribution in [2.75, 3.05) is 5.32 Å². The molecule has 8 heteroatoms. The third kappa shape index (κ3) is 3.19. The van der Waals surface area contributed by atoms with Crippen LogP contribution in [0.2, 0.25) is 5.02 Å².